The van der Waals surface area contributed by atoms with Gasteiger partial charge in [0.2, 0.25) is 0 Å². The third-order valence-electron chi connectivity index (χ3n) is 6.11. The summed E-state index contributed by atoms with van der Waals surface area (Å²) in [6.45, 7) is 4.35. The van der Waals surface area contributed by atoms with Crippen molar-refractivity contribution in [3.8, 4) is 5.75 Å². The topological polar surface area (TPSA) is 58.6 Å². The minimum atomic E-state index is -0.325. The fourth-order valence-corrected chi connectivity index (χ4v) is 5.18. The Morgan fingerprint density at radius 3 is 2.41 bits per heavy atom. The highest BCUT2D eigenvalue weighted by atomic mass is 32.2. The minimum absolute atomic E-state index is 0.0234. The smallest absolute Gasteiger partial charge is 0.322 e. The zero-order chi connectivity index (χ0) is 24.2. The molecular formula is C28H38N2O3S. The molecule has 6 heteroatoms. The number of ether oxygens (including phenoxy) is 1. The number of nitrogens with zero attached hydrogens (tertiary/aromatic N) is 1. The molecule has 2 aromatic carbocycles. The van der Waals surface area contributed by atoms with Gasteiger partial charge in [-0.2, -0.15) is 0 Å². The monoisotopic (exact) mass is 482 g/mol. The third-order valence-corrected chi connectivity index (χ3v) is 7.11. The van der Waals surface area contributed by atoms with Gasteiger partial charge in [-0.1, -0.05) is 69.7 Å². The van der Waals surface area contributed by atoms with Crippen molar-refractivity contribution in [2.45, 2.75) is 93.9 Å². The van der Waals surface area contributed by atoms with Crippen LogP contribution in [0.25, 0.3) is 0 Å². The molecule has 1 aliphatic rings. The summed E-state index contributed by atoms with van der Waals surface area (Å²) < 4.78 is 5.12. The van der Waals surface area contributed by atoms with Crippen molar-refractivity contribution in [1.82, 2.24) is 5.32 Å². The van der Waals surface area contributed by atoms with Crippen molar-refractivity contribution in [2.75, 3.05) is 11.4 Å². The van der Waals surface area contributed by atoms with E-state index in [4.69, 9.17) is 4.74 Å². The maximum Gasteiger partial charge on any atom is 0.322 e. The van der Waals surface area contributed by atoms with Crippen LogP contribution in [-0.4, -0.2) is 24.6 Å². The molecule has 0 atom stereocenters. The highest BCUT2D eigenvalue weighted by molar-refractivity contribution is 7.99. The van der Waals surface area contributed by atoms with Gasteiger partial charge in [0.1, 0.15) is 5.75 Å². The number of amides is 2. The SMILES string of the molecule is CCCCCCCN(C(=O)NC1CCCCC1)c1cccc(Sc2ccc(OC(C)=O)cc2)c1. The predicted octanol–water partition coefficient (Wildman–Crippen LogP) is 7.58. The van der Waals surface area contributed by atoms with Crippen LogP contribution in [0.5, 0.6) is 5.75 Å². The molecule has 2 amide bonds. The van der Waals surface area contributed by atoms with Gasteiger partial charge in [-0.15, -0.1) is 0 Å². The maximum atomic E-state index is 13.3. The zero-order valence-electron chi connectivity index (χ0n) is 20.6. The average Bonchev–Trinajstić information content (AvgIpc) is 2.83. The quantitative estimate of drug-likeness (QED) is 0.204. The Kier molecular flexibility index (Phi) is 10.8. The summed E-state index contributed by atoms with van der Waals surface area (Å²) in [6, 6.07) is 16.0. The Labute approximate surface area is 208 Å². The zero-order valence-corrected chi connectivity index (χ0v) is 21.4. The second-order valence-electron chi connectivity index (χ2n) is 9.01. The van der Waals surface area contributed by atoms with Gasteiger partial charge in [-0.3, -0.25) is 9.69 Å². The summed E-state index contributed by atoms with van der Waals surface area (Å²) in [5, 5.41) is 3.30. The Morgan fingerprint density at radius 1 is 0.971 bits per heavy atom. The summed E-state index contributed by atoms with van der Waals surface area (Å²) in [5.41, 5.74) is 0.935. The fourth-order valence-electron chi connectivity index (χ4n) is 4.31. The van der Waals surface area contributed by atoms with E-state index in [0.717, 1.165) is 47.7 Å². The molecule has 0 aromatic heterocycles. The summed E-state index contributed by atoms with van der Waals surface area (Å²) >= 11 is 1.63. The van der Waals surface area contributed by atoms with E-state index >= 15 is 0 Å². The van der Waals surface area contributed by atoms with E-state index in [2.05, 4.69) is 24.4 Å². The first kappa shape index (κ1) is 26.1. The van der Waals surface area contributed by atoms with E-state index in [1.54, 1.807) is 23.9 Å². The molecule has 2 aromatic rings. The summed E-state index contributed by atoms with van der Waals surface area (Å²) in [5.74, 6) is 0.216. The van der Waals surface area contributed by atoms with Crippen LogP contribution in [0, 0.1) is 0 Å². The molecule has 34 heavy (non-hydrogen) atoms. The Hall–Kier alpha value is -2.47. The highest BCUT2D eigenvalue weighted by Crippen LogP contribution is 2.32. The molecule has 0 heterocycles. The van der Waals surface area contributed by atoms with Crippen molar-refractivity contribution < 1.29 is 14.3 Å². The molecule has 0 saturated heterocycles. The van der Waals surface area contributed by atoms with E-state index in [0.29, 0.717) is 5.75 Å². The molecule has 0 spiro atoms. The van der Waals surface area contributed by atoms with Gasteiger partial charge >= 0.3 is 12.0 Å². The Morgan fingerprint density at radius 2 is 1.71 bits per heavy atom. The van der Waals surface area contributed by atoms with Gasteiger partial charge in [0.05, 0.1) is 0 Å². The highest BCUT2D eigenvalue weighted by Gasteiger charge is 2.21. The largest absolute Gasteiger partial charge is 0.427 e. The lowest BCUT2D eigenvalue weighted by Crippen LogP contribution is -2.46. The summed E-state index contributed by atoms with van der Waals surface area (Å²) in [6.07, 6.45) is 11.7. The molecule has 0 unspecified atom stereocenters. The lowest BCUT2D eigenvalue weighted by molar-refractivity contribution is -0.131. The Bertz CT molecular complexity index is 910. The van der Waals surface area contributed by atoms with Crippen LogP contribution in [0.15, 0.2) is 58.3 Å². The van der Waals surface area contributed by atoms with E-state index < -0.39 is 0 Å². The van der Waals surface area contributed by atoms with Crippen molar-refractivity contribution in [2.24, 2.45) is 0 Å². The first-order valence-corrected chi connectivity index (χ1v) is 13.5. The van der Waals surface area contributed by atoms with Gasteiger partial charge in [0, 0.05) is 35.0 Å². The van der Waals surface area contributed by atoms with Crippen molar-refractivity contribution in [3.63, 3.8) is 0 Å². The number of anilines is 1. The van der Waals surface area contributed by atoms with Crippen LogP contribution in [0.1, 0.15) is 78.1 Å². The number of nitrogens with one attached hydrogen (secondary N) is 1. The minimum Gasteiger partial charge on any atom is -0.427 e. The number of hydrogen-bond donors (Lipinski definition) is 1. The Balaban J connectivity index is 1.69. The molecule has 3 rings (SSSR count). The summed E-state index contributed by atoms with van der Waals surface area (Å²) in [7, 11) is 0. The molecule has 1 aliphatic carbocycles. The number of carbonyl (C=O) groups excluding carboxylic acids is 2. The number of esters is 1. The average molecular weight is 483 g/mol. The molecule has 1 fully saturated rings. The second kappa shape index (κ2) is 14.1. The van der Waals surface area contributed by atoms with E-state index in [1.165, 1.54) is 45.4 Å². The van der Waals surface area contributed by atoms with Gasteiger partial charge in [0.15, 0.2) is 0 Å². The number of benzene rings is 2. The van der Waals surface area contributed by atoms with Crippen molar-refractivity contribution in [3.05, 3.63) is 48.5 Å². The number of hydrogen-bond acceptors (Lipinski definition) is 4. The third kappa shape index (κ3) is 8.71. The van der Waals surface area contributed by atoms with Crippen LogP contribution in [0.3, 0.4) is 0 Å². The number of urea groups is 1. The van der Waals surface area contributed by atoms with E-state index in [9.17, 15) is 9.59 Å². The summed E-state index contributed by atoms with van der Waals surface area (Å²) in [4.78, 5) is 28.5. The van der Waals surface area contributed by atoms with Gasteiger partial charge < -0.3 is 10.1 Å². The van der Waals surface area contributed by atoms with Crippen LogP contribution in [-0.2, 0) is 4.79 Å². The molecular weight excluding hydrogens is 444 g/mol. The van der Waals surface area contributed by atoms with Gasteiger partial charge in [-0.25, -0.2) is 4.79 Å². The number of unbranched alkanes of at least 4 members (excludes halogenated alkanes) is 4. The first-order chi connectivity index (χ1) is 16.5. The lowest BCUT2D eigenvalue weighted by Gasteiger charge is -2.29. The second-order valence-corrected chi connectivity index (χ2v) is 10.2. The maximum absolute atomic E-state index is 13.3. The van der Waals surface area contributed by atoms with Crippen molar-refractivity contribution in [1.29, 1.82) is 0 Å². The normalized spacial score (nSPS) is 13.9. The van der Waals surface area contributed by atoms with Crippen molar-refractivity contribution >= 4 is 29.4 Å². The van der Waals surface area contributed by atoms with Gasteiger partial charge in [0.25, 0.3) is 0 Å². The van der Waals surface area contributed by atoms with E-state index in [-0.39, 0.29) is 18.0 Å². The first-order valence-electron chi connectivity index (χ1n) is 12.7. The molecule has 5 nitrogen and oxygen atoms in total. The molecule has 0 bridgehead atoms. The number of carbonyl (C=O) groups is 2. The lowest BCUT2D eigenvalue weighted by atomic mass is 9.96. The van der Waals surface area contributed by atoms with Gasteiger partial charge in [-0.05, 0) is 61.7 Å². The van der Waals surface area contributed by atoms with Crippen LogP contribution < -0.4 is 15.0 Å². The fraction of sp³-hybridized carbons (Fsp3) is 0.500. The van der Waals surface area contributed by atoms with Crippen LogP contribution in [0.2, 0.25) is 0 Å². The standard InChI is InChI=1S/C28H38N2O3S/c1-3-4-5-6-10-20-30(28(32)29-23-12-8-7-9-13-23)24-14-11-15-27(21-24)34-26-18-16-25(17-19-26)33-22(2)31/h11,14-19,21,23H,3-10,12-13,20H2,1-2H3,(H,29,32). The molecule has 1 saturated carbocycles. The van der Waals surface area contributed by atoms with Crippen LogP contribution in [0.4, 0.5) is 10.5 Å². The molecule has 1 N–H and O–H groups in total. The molecule has 0 aliphatic heterocycles. The molecule has 0 radical (unpaired) electrons. The number of rotatable bonds is 11. The molecule has 184 valence electrons. The van der Waals surface area contributed by atoms with Crippen LogP contribution >= 0.6 is 11.8 Å². The van der Waals surface area contributed by atoms with E-state index in [1.807, 2.05) is 29.2 Å². The predicted molar refractivity (Wildman–Crippen MR) is 140 cm³/mol.